The molecule has 0 bridgehead atoms. The molecule has 50 heavy (non-hydrogen) atoms. The van der Waals surface area contributed by atoms with Crippen LogP contribution in [0.25, 0.3) is 0 Å². The molecule has 2 saturated carbocycles. The number of nitrogens with zero attached hydrogens (tertiary/aromatic N) is 1. The maximum atomic E-state index is 14.5. The summed E-state index contributed by atoms with van der Waals surface area (Å²) in [6.07, 6.45) is 8.54. The third kappa shape index (κ3) is 9.92. The summed E-state index contributed by atoms with van der Waals surface area (Å²) in [5.41, 5.74) is 0.0665. The van der Waals surface area contributed by atoms with E-state index in [-0.39, 0.29) is 24.2 Å². The van der Waals surface area contributed by atoms with Crippen LogP contribution in [0.15, 0.2) is 30.3 Å². The van der Waals surface area contributed by atoms with Gasteiger partial charge in [-0.25, -0.2) is 13.1 Å². The maximum absolute atomic E-state index is 14.5. The molecule has 0 spiro atoms. The largest absolute Gasteiger partial charge is 0.344 e. The molecule has 12 nitrogen and oxygen atoms in total. The zero-order valence-electron chi connectivity index (χ0n) is 30.5. The summed E-state index contributed by atoms with van der Waals surface area (Å²) in [5.74, 6) is -3.22. The molecule has 4 amide bonds. The number of likely N-dealkylation sites (tertiary alicyclic amines) is 1. The Kier molecular flexibility index (Phi) is 13.3. The van der Waals surface area contributed by atoms with E-state index in [9.17, 15) is 32.4 Å². The average Bonchev–Trinajstić information content (AvgIpc) is 3.67. The van der Waals surface area contributed by atoms with E-state index in [1.807, 2.05) is 58.0 Å². The van der Waals surface area contributed by atoms with Crippen LogP contribution in [-0.4, -0.2) is 79.7 Å². The normalized spacial score (nSPS) is 23.6. The van der Waals surface area contributed by atoms with Crippen molar-refractivity contribution >= 4 is 39.4 Å². The third-order valence-electron chi connectivity index (χ3n) is 10.7. The Morgan fingerprint density at radius 2 is 1.56 bits per heavy atom. The standard InChI is InChI=1S/C37H57N5O7S/c1-7-15-28(31(43)35(46)38-23(2)24-16-10-8-11-17-24)39-34(45)30-27-21-14-20-26(27)22-42(30)36(47)32(37(3,4)5)40-33(44)29(41-50(6,48)49)25-18-12-9-13-19-25/h8,10-11,16-17,23,25-30,32,41H,7,9,12-15,18-22H2,1-6H3,(H,38,46)(H,39,45)(H,40,44)/t23-,26-,27-,28+,29+,30-,32+/m0/s1. The van der Waals surface area contributed by atoms with Crippen molar-refractivity contribution in [3.05, 3.63) is 35.9 Å². The van der Waals surface area contributed by atoms with Crippen molar-refractivity contribution < 1.29 is 32.4 Å². The maximum Gasteiger partial charge on any atom is 0.290 e. The summed E-state index contributed by atoms with van der Waals surface area (Å²) >= 11 is 0. The van der Waals surface area contributed by atoms with Crippen molar-refractivity contribution in [1.82, 2.24) is 25.6 Å². The second-order valence-electron chi connectivity index (χ2n) is 15.7. The highest BCUT2D eigenvalue weighted by Crippen LogP contribution is 2.43. The predicted octanol–water partition coefficient (Wildman–Crippen LogP) is 3.37. The number of Topliss-reactive ketones (excluding diaryl/α,β-unsaturated/α-hetero) is 1. The number of fused-ring (bicyclic) bond motifs is 1. The summed E-state index contributed by atoms with van der Waals surface area (Å²) in [5, 5.41) is 8.51. The van der Waals surface area contributed by atoms with E-state index in [2.05, 4.69) is 20.7 Å². The highest BCUT2D eigenvalue weighted by atomic mass is 32.2. The number of carbonyl (C=O) groups is 5. The van der Waals surface area contributed by atoms with Gasteiger partial charge in [0.15, 0.2) is 0 Å². The summed E-state index contributed by atoms with van der Waals surface area (Å²) in [4.78, 5) is 70.7. The highest BCUT2D eigenvalue weighted by molar-refractivity contribution is 7.88. The molecule has 1 aromatic rings. The zero-order valence-corrected chi connectivity index (χ0v) is 31.3. The molecule has 1 heterocycles. The Morgan fingerprint density at radius 3 is 2.16 bits per heavy atom. The monoisotopic (exact) mass is 715 g/mol. The molecular weight excluding hydrogens is 659 g/mol. The van der Waals surface area contributed by atoms with E-state index in [0.29, 0.717) is 25.8 Å². The summed E-state index contributed by atoms with van der Waals surface area (Å²) in [6, 6.07) is 4.86. The molecule has 1 saturated heterocycles. The third-order valence-corrected chi connectivity index (χ3v) is 11.3. The lowest BCUT2D eigenvalue weighted by atomic mass is 9.82. The molecule has 3 aliphatic rings. The van der Waals surface area contributed by atoms with Gasteiger partial charge in [0.1, 0.15) is 18.1 Å². The van der Waals surface area contributed by atoms with Gasteiger partial charge in [-0.1, -0.05) is 90.1 Å². The van der Waals surface area contributed by atoms with Crippen LogP contribution in [0, 0.1) is 23.2 Å². The van der Waals surface area contributed by atoms with Gasteiger partial charge in [-0.15, -0.1) is 0 Å². The van der Waals surface area contributed by atoms with E-state index in [1.54, 1.807) is 11.8 Å². The van der Waals surface area contributed by atoms with Crippen LogP contribution in [-0.2, 0) is 34.0 Å². The second-order valence-corrected chi connectivity index (χ2v) is 17.5. The number of sulfonamides is 1. The number of amides is 4. The van der Waals surface area contributed by atoms with Crippen LogP contribution in [0.1, 0.15) is 110 Å². The van der Waals surface area contributed by atoms with Crippen LogP contribution in [0.3, 0.4) is 0 Å². The number of nitrogens with one attached hydrogen (secondary N) is 4. The molecule has 4 N–H and O–H groups in total. The van der Waals surface area contributed by atoms with Gasteiger partial charge < -0.3 is 20.9 Å². The van der Waals surface area contributed by atoms with E-state index >= 15 is 0 Å². The molecule has 3 fully saturated rings. The van der Waals surface area contributed by atoms with Crippen molar-refractivity contribution in [2.24, 2.45) is 23.2 Å². The molecule has 0 radical (unpaired) electrons. The van der Waals surface area contributed by atoms with Gasteiger partial charge in [-0.05, 0) is 67.8 Å². The van der Waals surface area contributed by atoms with E-state index in [4.69, 9.17) is 0 Å². The topological polar surface area (TPSA) is 171 Å². The Hall–Kier alpha value is -3.32. The highest BCUT2D eigenvalue weighted by Gasteiger charge is 2.52. The Balaban J connectivity index is 1.54. The first-order valence-corrected chi connectivity index (χ1v) is 20.2. The smallest absolute Gasteiger partial charge is 0.290 e. The molecule has 1 aromatic carbocycles. The van der Waals surface area contributed by atoms with Gasteiger partial charge in [0.05, 0.1) is 18.3 Å². The minimum Gasteiger partial charge on any atom is -0.344 e. The molecule has 0 aromatic heterocycles. The van der Waals surface area contributed by atoms with Crippen LogP contribution in [0.5, 0.6) is 0 Å². The second kappa shape index (κ2) is 16.8. The van der Waals surface area contributed by atoms with Crippen molar-refractivity contribution in [3.63, 3.8) is 0 Å². The quantitative estimate of drug-likeness (QED) is 0.214. The Morgan fingerprint density at radius 1 is 0.900 bits per heavy atom. The van der Waals surface area contributed by atoms with Crippen LogP contribution < -0.4 is 20.7 Å². The number of rotatable bonds is 14. The summed E-state index contributed by atoms with van der Waals surface area (Å²) in [6.45, 7) is 9.46. The number of benzene rings is 1. The first kappa shape index (κ1) is 39.5. The summed E-state index contributed by atoms with van der Waals surface area (Å²) < 4.78 is 27.2. The Bertz CT molecular complexity index is 1490. The van der Waals surface area contributed by atoms with E-state index < -0.39 is 75.1 Å². The summed E-state index contributed by atoms with van der Waals surface area (Å²) in [7, 11) is -3.72. The number of hydrogen-bond donors (Lipinski definition) is 4. The van der Waals surface area contributed by atoms with Crippen LogP contribution in [0.4, 0.5) is 0 Å². The lowest BCUT2D eigenvalue weighted by molar-refractivity contribution is -0.146. The SMILES string of the molecule is CCC[C@@H](NC(=O)[C@@H]1[C@H]2CCC[C@H]2CN1C(=O)[C@@H](NC(=O)[C@H](NS(C)(=O)=O)C1CCCCC1)C(C)(C)C)C(=O)C(=O)N[C@@H](C)c1ccccc1. The number of hydrogen-bond acceptors (Lipinski definition) is 7. The van der Waals surface area contributed by atoms with Crippen molar-refractivity contribution in [3.8, 4) is 0 Å². The van der Waals surface area contributed by atoms with Gasteiger partial charge in [0, 0.05) is 6.54 Å². The lowest BCUT2D eigenvalue weighted by Crippen LogP contribution is -2.62. The minimum absolute atomic E-state index is 0.0863. The fourth-order valence-electron chi connectivity index (χ4n) is 8.04. The molecule has 278 valence electrons. The first-order chi connectivity index (χ1) is 23.5. The first-order valence-electron chi connectivity index (χ1n) is 18.3. The zero-order chi connectivity index (χ0) is 36.8. The van der Waals surface area contributed by atoms with E-state index in [1.165, 1.54) is 0 Å². The van der Waals surface area contributed by atoms with Crippen molar-refractivity contribution in [2.45, 2.75) is 129 Å². The fraction of sp³-hybridized carbons (Fsp3) is 0.703. The van der Waals surface area contributed by atoms with E-state index in [0.717, 1.165) is 50.3 Å². The number of carbonyl (C=O) groups excluding carboxylic acids is 5. The van der Waals surface area contributed by atoms with Gasteiger partial charge in [0.25, 0.3) is 5.91 Å². The van der Waals surface area contributed by atoms with Crippen LogP contribution in [0.2, 0.25) is 0 Å². The molecule has 13 heteroatoms. The molecule has 0 unspecified atom stereocenters. The van der Waals surface area contributed by atoms with Gasteiger partial charge >= 0.3 is 0 Å². The molecule has 1 aliphatic heterocycles. The van der Waals surface area contributed by atoms with Gasteiger partial charge in [0.2, 0.25) is 33.5 Å². The van der Waals surface area contributed by atoms with Gasteiger partial charge in [-0.3, -0.25) is 24.0 Å². The average molecular weight is 716 g/mol. The minimum atomic E-state index is -3.72. The fourth-order valence-corrected chi connectivity index (χ4v) is 8.80. The van der Waals surface area contributed by atoms with Crippen LogP contribution >= 0.6 is 0 Å². The lowest BCUT2D eigenvalue weighted by Gasteiger charge is -2.38. The molecule has 2 aliphatic carbocycles. The Labute approximate surface area is 297 Å². The molecular formula is C37H57N5O7S. The molecule has 4 rings (SSSR count). The predicted molar refractivity (Wildman–Crippen MR) is 191 cm³/mol. The van der Waals surface area contributed by atoms with Gasteiger partial charge in [-0.2, -0.15) is 0 Å². The molecule has 7 atom stereocenters. The number of ketones is 1. The van der Waals surface area contributed by atoms with Crippen molar-refractivity contribution in [1.29, 1.82) is 0 Å². The van der Waals surface area contributed by atoms with Crippen molar-refractivity contribution in [2.75, 3.05) is 12.8 Å².